The van der Waals surface area contributed by atoms with E-state index in [1.54, 1.807) is 6.07 Å². The summed E-state index contributed by atoms with van der Waals surface area (Å²) in [4.78, 5) is 11.9. The zero-order chi connectivity index (χ0) is 15.5. The quantitative estimate of drug-likeness (QED) is 0.560. The maximum Gasteiger partial charge on any atom is 0.236 e. The molecule has 0 fully saturated rings. The molecule has 0 aliphatic rings. The number of benzene rings is 2. The number of hydrogen-bond acceptors (Lipinski definition) is 1. The lowest BCUT2D eigenvalue weighted by molar-refractivity contribution is 0.105. The molecule has 0 heterocycles. The number of rotatable bonds is 1. The molecule has 0 N–H and O–H groups in total. The van der Waals surface area contributed by atoms with E-state index in [1.807, 2.05) is 24.3 Å². The van der Waals surface area contributed by atoms with Gasteiger partial charge in [0.25, 0.3) is 0 Å². The van der Waals surface area contributed by atoms with Gasteiger partial charge in [0, 0.05) is 11.1 Å². The van der Waals surface area contributed by atoms with Crippen molar-refractivity contribution in [3.63, 3.8) is 0 Å². The van der Waals surface area contributed by atoms with Crippen molar-refractivity contribution in [3.05, 3.63) is 71.0 Å². The van der Waals surface area contributed by atoms with Crippen LogP contribution in [0.25, 0.3) is 0 Å². The molecule has 0 atom stereocenters. The highest BCUT2D eigenvalue weighted by Gasteiger charge is 2.12. The Labute approximate surface area is 124 Å². The van der Waals surface area contributed by atoms with Crippen LogP contribution in [0.2, 0.25) is 0 Å². The predicted molar refractivity (Wildman–Crippen MR) is 82.8 cm³/mol. The van der Waals surface area contributed by atoms with Crippen LogP contribution in [0, 0.1) is 17.7 Å². The topological polar surface area (TPSA) is 17.1 Å². The van der Waals surface area contributed by atoms with E-state index >= 15 is 0 Å². The summed E-state index contributed by atoms with van der Waals surface area (Å²) >= 11 is 0. The van der Waals surface area contributed by atoms with Crippen molar-refractivity contribution in [2.45, 2.75) is 26.2 Å². The highest BCUT2D eigenvalue weighted by Crippen LogP contribution is 2.21. The molecule has 0 bridgehead atoms. The maximum absolute atomic E-state index is 13.0. The minimum absolute atomic E-state index is 0.0867. The third-order valence-corrected chi connectivity index (χ3v) is 3.16. The van der Waals surface area contributed by atoms with Crippen molar-refractivity contribution in [2.75, 3.05) is 0 Å². The van der Waals surface area contributed by atoms with E-state index < -0.39 is 5.82 Å². The van der Waals surface area contributed by atoms with Crippen LogP contribution in [0.3, 0.4) is 0 Å². The van der Waals surface area contributed by atoms with Crippen molar-refractivity contribution in [3.8, 4) is 11.8 Å². The molecule has 2 aromatic carbocycles. The van der Waals surface area contributed by atoms with Gasteiger partial charge in [-0.05, 0) is 41.2 Å². The standard InChI is InChI=1S/C19H17FO/c1-19(2,3)16-10-7-14(8-11-16)9-12-18(21)15-5-4-6-17(20)13-15/h4-8,10-11,13H,1-3H3. The van der Waals surface area contributed by atoms with Gasteiger partial charge in [-0.15, -0.1) is 0 Å². The fourth-order valence-electron chi connectivity index (χ4n) is 1.88. The zero-order valence-corrected chi connectivity index (χ0v) is 12.4. The van der Waals surface area contributed by atoms with Gasteiger partial charge in [0.05, 0.1) is 0 Å². The SMILES string of the molecule is CC(C)(C)c1ccc(C#CC(=O)c2cccc(F)c2)cc1. The smallest absolute Gasteiger partial charge is 0.236 e. The highest BCUT2D eigenvalue weighted by atomic mass is 19.1. The largest absolute Gasteiger partial charge is 0.279 e. The molecule has 0 unspecified atom stereocenters. The number of Topliss-reactive ketones (excluding diaryl/α,β-unsaturated/α-hetero) is 1. The Kier molecular flexibility index (Phi) is 4.23. The molecular formula is C19H17FO. The molecule has 106 valence electrons. The van der Waals surface area contributed by atoms with Crippen molar-refractivity contribution in [2.24, 2.45) is 0 Å². The number of carbonyl (C=O) groups is 1. The van der Waals surface area contributed by atoms with Crippen LogP contribution in [0.1, 0.15) is 42.3 Å². The number of halogens is 1. The normalized spacial score (nSPS) is 10.7. The molecule has 0 spiro atoms. The summed E-state index contributed by atoms with van der Waals surface area (Å²) in [6.07, 6.45) is 0. The fourth-order valence-corrected chi connectivity index (χ4v) is 1.88. The first-order chi connectivity index (χ1) is 9.86. The van der Waals surface area contributed by atoms with Crippen LogP contribution in [-0.2, 0) is 5.41 Å². The summed E-state index contributed by atoms with van der Waals surface area (Å²) in [6, 6.07) is 13.4. The molecule has 2 rings (SSSR count). The lowest BCUT2D eigenvalue weighted by Gasteiger charge is -2.18. The van der Waals surface area contributed by atoms with Gasteiger partial charge in [-0.3, -0.25) is 4.79 Å². The van der Waals surface area contributed by atoms with Crippen LogP contribution >= 0.6 is 0 Å². The van der Waals surface area contributed by atoms with Crippen molar-refractivity contribution in [1.29, 1.82) is 0 Å². The van der Waals surface area contributed by atoms with E-state index in [-0.39, 0.29) is 16.8 Å². The predicted octanol–water partition coefficient (Wildman–Crippen LogP) is 4.36. The van der Waals surface area contributed by atoms with Crippen molar-refractivity contribution in [1.82, 2.24) is 0 Å². The molecule has 1 nitrogen and oxygen atoms in total. The highest BCUT2D eigenvalue weighted by molar-refractivity contribution is 6.09. The molecule has 0 saturated carbocycles. The number of ketones is 1. The Hall–Kier alpha value is -2.40. The van der Waals surface area contributed by atoms with Crippen LogP contribution in [-0.4, -0.2) is 5.78 Å². The molecule has 0 radical (unpaired) electrons. The minimum atomic E-state index is -0.433. The summed E-state index contributed by atoms with van der Waals surface area (Å²) in [6.45, 7) is 6.42. The third kappa shape index (κ3) is 4.03. The monoisotopic (exact) mass is 280 g/mol. The molecule has 0 aliphatic heterocycles. The van der Waals surface area contributed by atoms with E-state index in [0.717, 1.165) is 5.56 Å². The number of hydrogen-bond donors (Lipinski definition) is 0. The van der Waals surface area contributed by atoms with Crippen LogP contribution in [0.5, 0.6) is 0 Å². The maximum atomic E-state index is 13.0. The van der Waals surface area contributed by atoms with Crippen molar-refractivity contribution < 1.29 is 9.18 Å². The molecule has 0 aromatic heterocycles. The summed E-state index contributed by atoms with van der Waals surface area (Å²) in [5.41, 5.74) is 2.34. The van der Waals surface area contributed by atoms with E-state index in [1.165, 1.54) is 23.8 Å². The van der Waals surface area contributed by atoms with Gasteiger partial charge in [-0.2, -0.15) is 0 Å². The van der Waals surface area contributed by atoms with Crippen LogP contribution in [0.15, 0.2) is 48.5 Å². The van der Waals surface area contributed by atoms with Gasteiger partial charge in [-0.25, -0.2) is 4.39 Å². The Morgan fingerprint density at radius 1 is 1.05 bits per heavy atom. The summed E-state index contributed by atoms with van der Waals surface area (Å²) in [5.74, 6) is 4.55. The summed E-state index contributed by atoms with van der Waals surface area (Å²) < 4.78 is 13.0. The van der Waals surface area contributed by atoms with E-state index in [0.29, 0.717) is 0 Å². The Balaban J connectivity index is 2.18. The van der Waals surface area contributed by atoms with Gasteiger partial charge < -0.3 is 0 Å². The van der Waals surface area contributed by atoms with Gasteiger partial charge in [-0.1, -0.05) is 51.0 Å². The van der Waals surface area contributed by atoms with Crippen molar-refractivity contribution >= 4 is 5.78 Å². The zero-order valence-electron chi connectivity index (χ0n) is 12.4. The minimum Gasteiger partial charge on any atom is -0.279 e. The molecule has 2 aromatic rings. The molecule has 0 amide bonds. The first kappa shape index (κ1) is 15.0. The second-order valence-corrected chi connectivity index (χ2v) is 5.92. The van der Waals surface area contributed by atoms with E-state index in [4.69, 9.17) is 0 Å². The molecule has 0 aliphatic carbocycles. The Morgan fingerprint density at radius 3 is 2.29 bits per heavy atom. The van der Waals surface area contributed by atoms with Gasteiger partial charge in [0.15, 0.2) is 0 Å². The third-order valence-electron chi connectivity index (χ3n) is 3.16. The fraction of sp³-hybridized carbons (Fsp3) is 0.211. The van der Waals surface area contributed by atoms with E-state index in [2.05, 4.69) is 32.6 Å². The lowest BCUT2D eigenvalue weighted by Crippen LogP contribution is -2.10. The molecule has 2 heteroatoms. The van der Waals surface area contributed by atoms with E-state index in [9.17, 15) is 9.18 Å². The lowest BCUT2D eigenvalue weighted by atomic mass is 9.87. The second-order valence-electron chi connectivity index (χ2n) is 5.92. The first-order valence-corrected chi connectivity index (χ1v) is 6.79. The first-order valence-electron chi connectivity index (χ1n) is 6.79. The van der Waals surface area contributed by atoms with Crippen LogP contribution in [0.4, 0.5) is 4.39 Å². The van der Waals surface area contributed by atoms with Gasteiger partial charge in [0.1, 0.15) is 5.82 Å². The molecule has 0 saturated heterocycles. The summed E-state index contributed by atoms with van der Waals surface area (Å²) in [7, 11) is 0. The van der Waals surface area contributed by atoms with Gasteiger partial charge >= 0.3 is 0 Å². The summed E-state index contributed by atoms with van der Waals surface area (Å²) in [5, 5.41) is 0. The molecule has 21 heavy (non-hydrogen) atoms. The second kappa shape index (κ2) is 5.93. The van der Waals surface area contributed by atoms with Gasteiger partial charge in [0.2, 0.25) is 5.78 Å². The number of carbonyl (C=O) groups excluding carboxylic acids is 1. The molecular weight excluding hydrogens is 263 g/mol. The average Bonchev–Trinajstić information content (AvgIpc) is 2.44. The van der Waals surface area contributed by atoms with Crippen LogP contribution < -0.4 is 0 Å². The Bertz CT molecular complexity index is 710. The Morgan fingerprint density at radius 2 is 1.71 bits per heavy atom. The average molecular weight is 280 g/mol.